The third-order valence-corrected chi connectivity index (χ3v) is 2.97. The highest BCUT2D eigenvalue weighted by molar-refractivity contribution is 7.88. The lowest BCUT2D eigenvalue weighted by atomic mass is 10.1. The fourth-order valence-corrected chi connectivity index (χ4v) is 2.22. The van der Waals surface area contributed by atoms with Crippen molar-refractivity contribution in [2.45, 2.75) is 39.3 Å². The number of nitrogens with one attached hydrogen (secondary N) is 2. The lowest BCUT2D eigenvalue weighted by Crippen LogP contribution is -2.51. The summed E-state index contributed by atoms with van der Waals surface area (Å²) in [5.41, 5.74) is 0. The molecule has 1 amide bonds. The molecule has 0 aromatic heterocycles. The molecular weight excluding hydrogens is 258 g/mol. The minimum absolute atomic E-state index is 0.113. The Morgan fingerprint density at radius 2 is 1.94 bits per heavy atom. The van der Waals surface area contributed by atoms with E-state index >= 15 is 0 Å². The summed E-state index contributed by atoms with van der Waals surface area (Å²) in [6.07, 6.45) is 0.776. The second-order valence-corrected chi connectivity index (χ2v) is 5.91. The van der Waals surface area contributed by atoms with Gasteiger partial charge in [0.2, 0.25) is 15.9 Å². The van der Waals surface area contributed by atoms with E-state index in [0.717, 1.165) is 6.26 Å². The molecule has 0 aliphatic rings. The minimum atomic E-state index is -3.36. The first kappa shape index (κ1) is 17.3. The first-order valence-electron chi connectivity index (χ1n) is 5.87. The Hall–Kier alpha value is -0.700. The van der Waals surface area contributed by atoms with Gasteiger partial charge in [0.25, 0.3) is 0 Å². The van der Waals surface area contributed by atoms with Gasteiger partial charge in [0.1, 0.15) is 0 Å². The second kappa shape index (κ2) is 7.67. The molecule has 0 rings (SSSR count). The SMILES string of the molecule is CCC(NC(C)=O)C(O)CN(CC)NS(C)(=O)=O. The van der Waals surface area contributed by atoms with E-state index in [0.29, 0.717) is 13.0 Å². The molecule has 0 spiro atoms. The monoisotopic (exact) mass is 281 g/mol. The average molecular weight is 281 g/mol. The van der Waals surface area contributed by atoms with E-state index in [-0.39, 0.29) is 12.5 Å². The molecule has 0 aliphatic carbocycles. The number of amides is 1. The van der Waals surface area contributed by atoms with E-state index in [1.54, 1.807) is 6.92 Å². The third kappa shape index (κ3) is 7.59. The lowest BCUT2D eigenvalue weighted by molar-refractivity contribution is -0.120. The zero-order chi connectivity index (χ0) is 14.3. The van der Waals surface area contributed by atoms with Gasteiger partial charge in [-0.2, -0.15) is 0 Å². The zero-order valence-electron chi connectivity index (χ0n) is 11.3. The molecule has 2 atom stereocenters. The van der Waals surface area contributed by atoms with E-state index in [1.807, 2.05) is 6.92 Å². The number of hydrogen-bond donors (Lipinski definition) is 3. The number of likely N-dealkylation sites (N-methyl/N-ethyl adjacent to an activating group) is 1. The number of nitrogens with zero attached hydrogens (tertiary/aromatic N) is 1. The van der Waals surface area contributed by atoms with Crippen LogP contribution in [0.15, 0.2) is 0 Å². The Kier molecular flexibility index (Phi) is 7.37. The molecule has 3 N–H and O–H groups in total. The van der Waals surface area contributed by atoms with Crippen molar-refractivity contribution in [2.75, 3.05) is 19.3 Å². The first-order valence-corrected chi connectivity index (χ1v) is 7.76. The summed E-state index contributed by atoms with van der Waals surface area (Å²) in [5, 5.41) is 14.0. The van der Waals surface area contributed by atoms with E-state index in [4.69, 9.17) is 0 Å². The molecule has 0 heterocycles. The van der Waals surface area contributed by atoms with Crippen LogP contribution in [0.25, 0.3) is 0 Å². The Bertz CT molecular complexity index is 358. The predicted molar refractivity (Wildman–Crippen MR) is 69.1 cm³/mol. The Morgan fingerprint density at radius 3 is 2.28 bits per heavy atom. The summed E-state index contributed by atoms with van der Waals surface area (Å²) >= 11 is 0. The summed E-state index contributed by atoms with van der Waals surface area (Å²) in [6.45, 7) is 5.51. The van der Waals surface area contributed by atoms with Gasteiger partial charge < -0.3 is 10.4 Å². The van der Waals surface area contributed by atoms with Crippen molar-refractivity contribution in [3.05, 3.63) is 0 Å². The molecule has 18 heavy (non-hydrogen) atoms. The van der Waals surface area contributed by atoms with E-state index in [9.17, 15) is 18.3 Å². The van der Waals surface area contributed by atoms with Crippen molar-refractivity contribution in [1.29, 1.82) is 0 Å². The summed E-state index contributed by atoms with van der Waals surface area (Å²) in [6, 6.07) is -0.391. The first-order chi connectivity index (χ1) is 8.19. The van der Waals surface area contributed by atoms with Gasteiger partial charge in [-0.3, -0.25) is 4.79 Å². The molecule has 0 fully saturated rings. The van der Waals surface area contributed by atoms with Crippen molar-refractivity contribution in [3.63, 3.8) is 0 Å². The normalized spacial score (nSPS) is 15.4. The minimum Gasteiger partial charge on any atom is -0.390 e. The van der Waals surface area contributed by atoms with Gasteiger partial charge in [-0.25, -0.2) is 13.4 Å². The number of rotatable bonds is 8. The van der Waals surface area contributed by atoms with Gasteiger partial charge in [0.15, 0.2) is 0 Å². The summed E-state index contributed by atoms with van der Waals surface area (Å²) in [4.78, 5) is 13.3. The second-order valence-electron chi connectivity index (χ2n) is 4.18. The molecular formula is C10H23N3O4S. The van der Waals surface area contributed by atoms with Crippen LogP contribution in [-0.2, 0) is 14.8 Å². The molecule has 7 nitrogen and oxygen atoms in total. The molecule has 0 aliphatic heterocycles. The van der Waals surface area contributed by atoms with Gasteiger partial charge in [-0.05, 0) is 6.42 Å². The lowest BCUT2D eigenvalue weighted by Gasteiger charge is -2.28. The van der Waals surface area contributed by atoms with Crippen LogP contribution in [0, 0.1) is 0 Å². The Balaban J connectivity index is 4.48. The third-order valence-electron chi connectivity index (χ3n) is 2.38. The van der Waals surface area contributed by atoms with Gasteiger partial charge in [0.05, 0.1) is 18.4 Å². The van der Waals surface area contributed by atoms with E-state index < -0.39 is 22.2 Å². The van der Waals surface area contributed by atoms with Crippen LogP contribution in [-0.4, -0.2) is 55.9 Å². The van der Waals surface area contributed by atoms with Crippen molar-refractivity contribution in [2.24, 2.45) is 0 Å². The number of aliphatic hydroxyl groups excluding tert-OH is 1. The van der Waals surface area contributed by atoms with Crippen LogP contribution < -0.4 is 10.1 Å². The molecule has 0 bridgehead atoms. The number of hydrogen-bond acceptors (Lipinski definition) is 5. The number of carbonyl (C=O) groups excluding carboxylic acids is 1. The number of hydrazine groups is 1. The number of sulfonamides is 1. The average Bonchev–Trinajstić information content (AvgIpc) is 2.22. The van der Waals surface area contributed by atoms with Crippen molar-refractivity contribution in [3.8, 4) is 0 Å². The van der Waals surface area contributed by atoms with Gasteiger partial charge in [-0.1, -0.05) is 13.8 Å². The standard InChI is InChI=1S/C10H23N3O4S/c1-5-9(11-8(3)14)10(15)7-13(6-2)12-18(4,16)17/h9-10,12,15H,5-7H2,1-4H3,(H,11,14). The zero-order valence-corrected chi connectivity index (χ0v) is 12.1. The van der Waals surface area contributed by atoms with Crippen LogP contribution in [0.2, 0.25) is 0 Å². The molecule has 0 saturated carbocycles. The molecule has 2 unspecified atom stereocenters. The molecule has 0 aromatic rings. The highest BCUT2D eigenvalue weighted by Crippen LogP contribution is 2.01. The predicted octanol–water partition coefficient (Wildman–Crippen LogP) is -0.952. The number of carbonyl (C=O) groups is 1. The largest absolute Gasteiger partial charge is 0.390 e. The Morgan fingerprint density at radius 1 is 1.39 bits per heavy atom. The summed E-state index contributed by atoms with van der Waals surface area (Å²) < 4.78 is 22.2. The topological polar surface area (TPSA) is 98.7 Å². The molecule has 108 valence electrons. The maximum atomic E-state index is 11.1. The quantitative estimate of drug-likeness (QED) is 0.498. The molecule has 0 radical (unpaired) electrons. The maximum absolute atomic E-state index is 11.1. The molecule has 0 saturated heterocycles. The smallest absolute Gasteiger partial charge is 0.221 e. The van der Waals surface area contributed by atoms with E-state index in [2.05, 4.69) is 10.1 Å². The van der Waals surface area contributed by atoms with Crippen molar-refractivity contribution in [1.82, 2.24) is 15.2 Å². The van der Waals surface area contributed by atoms with Crippen LogP contribution in [0.3, 0.4) is 0 Å². The fourth-order valence-electron chi connectivity index (χ4n) is 1.55. The van der Waals surface area contributed by atoms with Gasteiger partial charge >= 0.3 is 0 Å². The molecule has 0 aromatic carbocycles. The van der Waals surface area contributed by atoms with Gasteiger partial charge in [0, 0.05) is 20.0 Å². The number of aliphatic hydroxyl groups is 1. The fraction of sp³-hybridized carbons (Fsp3) is 0.900. The van der Waals surface area contributed by atoms with Crippen molar-refractivity contribution < 1.29 is 18.3 Å². The van der Waals surface area contributed by atoms with Crippen LogP contribution in [0.1, 0.15) is 27.2 Å². The Labute approximate surface area is 109 Å². The van der Waals surface area contributed by atoms with Crippen molar-refractivity contribution >= 4 is 15.9 Å². The van der Waals surface area contributed by atoms with Crippen LogP contribution >= 0.6 is 0 Å². The maximum Gasteiger partial charge on any atom is 0.221 e. The highest BCUT2D eigenvalue weighted by Gasteiger charge is 2.21. The van der Waals surface area contributed by atoms with Crippen LogP contribution in [0.5, 0.6) is 0 Å². The van der Waals surface area contributed by atoms with E-state index in [1.165, 1.54) is 11.9 Å². The van der Waals surface area contributed by atoms with Crippen LogP contribution in [0.4, 0.5) is 0 Å². The molecule has 8 heteroatoms. The highest BCUT2D eigenvalue weighted by atomic mass is 32.2. The van der Waals surface area contributed by atoms with Gasteiger partial charge in [-0.15, -0.1) is 4.83 Å². The summed E-state index contributed by atoms with van der Waals surface area (Å²) in [5.74, 6) is -0.222. The summed E-state index contributed by atoms with van der Waals surface area (Å²) in [7, 11) is -3.36.